The summed E-state index contributed by atoms with van der Waals surface area (Å²) < 4.78 is 3.67. The predicted molar refractivity (Wildman–Crippen MR) is 66.3 cm³/mol. The van der Waals surface area contributed by atoms with Crippen LogP contribution in [-0.2, 0) is 24.3 Å². The molecule has 0 aliphatic rings. The minimum Gasteiger partial charge on any atom is -0.480 e. The second-order valence-corrected chi connectivity index (χ2v) is 4.29. The lowest BCUT2D eigenvalue weighted by atomic mass is 10.2. The Labute approximate surface area is 109 Å². The lowest BCUT2D eigenvalue weighted by molar-refractivity contribution is -0.138. The van der Waals surface area contributed by atoms with Gasteiger partial charge in [0.15, 0.2) is 0 Å². The highest BCUT2D eigenvalue weighted by Crippen LogP contribution is 2.00. The zero-order valence-electron chi connectivity index (χ0n) is 10.6. The average molecular weight is 264 g/mol. The van der Waals surface area contributed by atoms with Crippen molar-refractivity contribution in [2.24, 2.45) is 5.73 Å². The molecule has 3 N–H and O–H groups in total. The van der Waals surface area contributed by atoms with E-state index in [1.165, 1.54) is 0 Å². The second kappa shape index (κ2) is 5.61. The highest BCUT2D eigenvalue weighted by atomic mass is 16.4. The number of aryl methyl sites for hydroxylation is 3. The maximum absolute atomic E-state index is 10.6. The molecule has 2 aromatic rings. The fraction of sp³-hybridized carbons (Fsp3) is 0.455. The molecule has 0 aromatic carbocycles. The van der Waals surface area contributed by atoms with Crippen LogP contribution in [0.15, 0.2) is 18.6 Å². The van der Waals surface area contributed by atoms with Crippen LogP contribution in [0.5, 0.6) is 0 Å². The normalized spacial score (nSPS) is 12.5. The van der Waals surface area contributed by atoms with Crippen LogP contribution in [0.2, 0.25) is 0 Å². The molecule has 0 saturated carbocycles. The Morgan fingerprint density at radius 1 is 1.53 bits per heavy atom. The summed E-state index contributed by atoms with van der Waals surface area (Å²) in [6.45, 7) is 3.31. The molecule has 2 heterocycles. The largest absolute Gasteiger partial charge is 0.480 e. The van der Waals surface area contributed by atoms with Crippen molar-refractivity contribution in [3.8, 4) is 0 Å². The number of hydrogen-bond acceptors (Lipinski definition) is 5. The number of carbonyl (C=O) groups is 1. The Bertz CT molecular complexity index is 561. The van der Waals surface area contributed by atoms with Gasteiger partial charge >= 0.3 is 5.97 Å². The average Bonchev–Trinajstić information content (AvgIpc) is 2.96. The molecular weight excluding hydrogens is 248 g/mol. The van der Waals surface area contributed by atoms with Gasteiger partial charge in [-0.05, 0) is 6.92 Å². The first-order chi connectivity index (χ1) is 9.06. The van der Waals surface area contributed by atoms with E-state index in [0.29, 0.717) is 12.2 Å². The van der Waals surface area contributed by atoms with E-state index in [2.05, 4.69) is 15.3 Å². The van der Waals surface area contributed by atoms with E-state index in [0.717, 1.165) is 12.4 Å². The summed E-state index contributed by atoms with van der Waals surface area (Å²) in [7, 11) is 0. The predicted octanol–water partition coefficient (Wildman–Crippen LogP) is -0.562. The lowest BCUT2D eigenvalue weighted by Crippen LogP contribution is -2.32. The lowest BCUT2D eigenvalue weighted by Gasteiger charge is -2.04. The molecule has 0 saturated heterocycles. The first-order valence-corrected chi connectivity index (χ1v) is 5.91. The van der Waals surface area contributed by atoms with Crippen molar-refractivity contribution in [3.63, 3.8) is 0 Å². The highest BCUT2D eigenvalue weighted by Gasteiger charge is 2.14. The van der Waals surface area contributed by atoms with E-state index < -0.39 is 12.0 Å². The number of imidazole rings is 1. The molecular formula is C11H16N6O2. The number of aliphatic carboxylic acids is 1. The quantitative estimate of drug-likeness (QED) is 0.723. The Morgan fingerprint density at radius 2 is 2.32 bits per heavy atom. The van der Waals surface area contributed by atoms with E-state index in [1.807, 2.05) is 17.7 Å². The number of carboxylic acid groups (broad SMARTS) is 1. The zero-order valence-corrected chi connectivity index (χ0v) is 10.6. The van der Waals surface area contributed by atoms with E-state index in [9.17, 15) is 4.79 Å². The summed E-state index contributed by atoms with van der Waals surface area (Å²) in [4.78, 5) is 14.8. The van der Waals surface area contributed by atoms with Crippen LogP contribution in [0.25, 0.3) is 0 Å². The van der Waals surface area contributed by atoms with Crippen LogP contribution in [-0.4, -0.2) is 41.7 Å². The van der Waals surface area contributed by atoms with Crippen LogP contribution >= 0.6 is 0 Å². The fourth-order valence-electron chi connectivity index (χ4n) is 1.70. The minimum atomic E-state index is -1.04. The first kappa shape index (κ1) is 13.2. The number of rotatable bonds is 6. The Hall–Kier alpha value is -2.22. The zero-order chi connectivity index (χ0) is 13.8. The number of aromatic nitrogens is 5. The third-order valence-corrected chi connectivity index (χ3v) is 2.83. The fourth-order valence-corrected chi connectivity index (χ4v) is 1.70. The van der Waals surface area contributed by atoms with Gasteiger partial charge in [-0.3, -0.25) is 9.48 Å². The SMILES string of the molecule is Cc1nccn1CCn1cc(CC(N)C(=O)O)nn1. The van der Waals surface area contributed by atoms with Gasteiger partial charge in [-0.1, -0.05) is 5.21 Å². The van der Waals surface area contributed by atoms with Gasteiger partial charge < -0.3 is 15.4 Å². The molecule has 102 valence electrons. The summed E-state index contributed by atoms with van der Waals surface area (Å²) >= 11 is 0. The standard InChI is InChI=1S/C11H16N6O2/c1-8-13-2-3-16(8)4-5-17-7-9(14-15-17)6-10(12)11(18)19/h2-3,7,10H,4-6,12H2,1H3,(H,18,19). The Morgan fingerprint density at radius 3 is 2.95 bits per heavy atom. The molecule has 2 aromatic heterocycles. The van der Waals surface area contributed by atoms with E-state index in [1.54, 1.807) is 17.1 Å². The van der Waals surface area contributed by atoms with E-state index >= 15 is 0 Å². The van der Waals surface area contributed by atoms with Crippen molar-refractivity contribution < 1.29 is 9.90 Å². The molecule has 0 bridgehead atoms. The van der Waals surface area contributed by atoms with Crippen molar-refractivity contribution in [3.05, 3.63) is 30.1 Å². The maximum atomic E-state index is 10.6. The topological polar surface area (TPSA) is 112 Å². The Kier molecular flexibility index (Phi) is 3.91. The molecule has 19 heavy (non-hydrogen) atoms. The van der Waals surface area contributed by atoms with Crippen LogP contribution in [0.4, 0.5) is 0 Å². The van der Waals surface area contributed by atoms with Crippen molar-refractivity contribution in [1.82, 2.24) is 24.5 Å². The third kappa shape index (κ3) is 3.38. The molecule has 0 aliphatic heterocycles. The second-order valence-electron chi connectivity index (χ2n) is 4.29. The van der Waals surface area contributed by atoms with E-state index in [-0.39, 0.29) is 6.42 Å². The highest BCUT2D eigenvalue weighted by molar-refractivity contribution is 5.73. The smallest absolute Gasteiger partial charge is 0.320 e. The van der Waals surface area contributed by atoms with Crippen LogP contribution in [0.3, 0.4) is 0 Å². The molecule has 8 heteroatoms. The van der Waals surface area contributed by atoms with Crippen molar-refractivity contribution in [1.29, 1.82) is 0 Å². The van der Waals surface area contributed by atoms with Crippen molar-refractivity contribution >= 4 is 5.97 Å². The van der Waals surface area contributed by atoms with Gasteiger partial charge in [-0.25, -0.2) is 4.98 Å². The van der Waals surface area contributed by atoms with Gasteiger partial charge in [0.25, 0.3) is 0 Å². The molecule has 0 radical (unpaired) electrons. The molecule has 2 rings (SSSR count). The van der Waals surface area contributed by atoms with Crippen LogP contribution in [0, 0.1) is 6.92 Å². The number of hydrogen-bond donors (Lipinski definition) is 2. The summed E-state index contributed by atoms with van der Waals surface area (Å²) in [5, 5.41) is 16.6. The number of nitrogens with two attached hydrogens (primary N) is 1. The van der Waals surface area contributed by atoms with Crippen molar-refractivity contribution in [2.45, 2.75) is 32.5 Å². The van der Waals surface area contributed by atoms with Gasteiger partial charge in [-0.2, -0.15) is 0 Å². The summed E-state index contributed by atoms with van der Waals surface area (Å²) in [6, 6.07) is -0.943. The molecule has 0 aliphatic carbocycles. The maximum Gasteiger partial charge on any atom is 0.320 e. The number of carboxylic acids is 1. The van der Waals surface area contributed by atoms with Crippen LogP contribution < -0.4 is 5.73 Å². The van der Waals surface area contributed by atoms with Gasteiger partial charge in [0.05, 0.1) is 12.2 Å². The van der Waals surface area contributed by atoms with E-state index in [4.69, 9.17) is 10.8 Å². The summed E-state index contributed by atoms with van der Waals surface area (Å²) in [5.74, 6) is -0.100. The summed E-state index contributed by atoms with van der Waals surface area (Å²) in [6.07, 6.45) is 5.54. The van der Waals surface area contributed by atoms with Gasteiger partial charge in [0.2, 0.25) is 0 Å². The first-order valence-electron chi connectivity index (χ1n) is 5.91. The molecule has 0 spiro atoms. The molecule has 0 fully saturated rings. The van der Waals surface area contributed by atoms with Crippen LogP contribution in [0.1, 0.15) is 11.5 Å². The van der Waals surface area contributed by atoms with Gasteiger partial charge in [0, 0.05) is 31.6 Å². The Balaban J connectivity index is 1.91. The molecule has 1 unspecified atom stereocenters. The molecule has 1 atom stereocenters. The molecule has 0 amide bonds. The number of nitrogens with zero attached hydrogens (tertiary/aromatic N) is 5. The van der Waals surface area contributed by atoms with Gasteiger partial charge in [-0.15, -0.1) is 5.10 Å². The minimum absolute atomic E-state index is 0.180. The summed E-state index contributed by atoms with van der Waals surface area (Å²) in [5.41, 5.74) is 6.02. The van der Waals surface area contributed by atoms with Crippen molar-refractivity contribution in [2.75, 3.05) is 0 Å². The molecule has 8 nitrogen and oxygen atoms in total. The third-order valence-electron chi connectivity index (χ3n) is 2.83. The monoisotopic (exact) mass is 264 g/mol. The van der Waals surface area contributed by atoms with Gasteiger partial charge in [0.1, 0.15) is 11.9 Å².